The number of aliphatic hydroxyl groups is 1. The number of thiophene rings is 1. The Kier molecular flexibility index (Phi) is 4.39. The van der Waals surface area contributed by atoms with Crippen LogP contribution < -0.4 is 0 Å². The Labute approximate surface area is 128 Å². The van der Waals surface area contributed by atoms with Crippen molar-refractivity contribution in [2.75, 3.05) is 19.8 Å². The van der Waals surface area contributed by atoms with E-state index in [9.17, 15) is 5.11 Å². The van der Waals surface area contributed by atoms with Gasteiger partial charge in [-0.15, -0.1) is 11.3 Å². The van der Waals surface area contributed by atoms with E-state index < -0.39 is 6.10 Å². The second-order valence-corrected chi connectivity index (χ2v) is 7.23. The minimum atomic E-state index is -0.468. The molecule has 3 nitrogen and oxygen atoms in total. The number of hydrogen-bond donors (Lipinski definition) is 1. The molecule has 1 spiro atoms. The van der Waals surface area contributed by atoms with Crippen molar-refractivity contribution in [2.45, 2.75) is 44.3 Å². The average molecular weight is 317 g/mol. The second-order valence-electron chi connectivity index (χ2n) is 5.94. The van der Waals surface area contributed by atoms with E-state index >= 15 is 0 Å². The van der Waals surface area contributed by atoms with Gasteiger partial charge in [-0.3, -0.25) is 0 Å². The van der Waals surface area contributed by atoms with Crippen molar-refractivity contribution in [1.29, 1.82) is 0 Å². The summed E-state index contributed by atoms with van der Waals surface area (Å²) in [7, 11) is 0. The first-order valence-electron chi connectivity index (χ1n) is 7.24. The molecule has 20 heavy (non-hydrogen) atoms. The summed E-state index contributed by atoms with van der Waals surface area (Å²) < 4.78 is 11.5. The summed E-state index contributed by atoms with van der Waals surface area (Å²) in [4.78, 5) is 0.915. The van der Waals surface area contributed by atoms with Gasteiger partial charge in [0.2, 0.25) is 0 Å². The van der Waals surface area contributed by atoms with Gasteiger partial charge < -0.3 is 14.6 Å². The second kappa shape index (κ2) is 5.93. The van der Waals surface area contributed by atoms with Crippen LogP contribution in [0.2, 0.25) is 5.02 Å². The highest BCUT2D eigenvalue weighted by molar-refractivity contribution is 7.10. The molecule has 0 radical (unpaired) electrons. The van der Waals surface area contributed by atoms with E-state index in [-0.39, 0.29) is 11.5 Å². The molecule has 2 saturated heterocycles. The highest BCUT2D eigenvalue weighted by Crippen LogP contribution is 2.44. The van der Waals surface area contributed by atoms with Crippen LogP contribution in [0, 0.1) is 12.8 Å². The first-order valence-corrected chi connectivity index (χ1v) is 8.50. The first-order chi connectivity index (χ1) is 9.61. The quantitative estimate of drug-likeness (QED) is 0.903. The highest BCUT2D eigenvalue weighted by atomic mass is 35.5. The zero-order valence-corrected chi connectivity index (χ0v) is 13.3. The Morgan fingerprint density at radius 3 is 2.80 bits per heavy atom. The number of aryl methyl sites for hydroxylation is 1. The third-order valence-corrected chi connectivity index (χ3v) is 6.36. The molecule has 3 heterocycles. The van der Waals surface area contributed by atoms with E-state index in [0.717, 1.165) is 61.0 Å². The Hall–Kier alpha value is -0.130. The third-order valence-electron chi connectivity index (χ3n) is 4.58. The maximum atomic E-state index is 10.7. The lowest BCUT2D eigenvalue weighted by molar-refractivity contribution is -0.158. The van der Waals surface area contributed by atoms with Gasteiger partial charge in [-0.05, 0) is 49.5 Å². The lowest BCUT2D eigenvalue weighted by Gasteiger charge is -2.44. The number of ether oxygens (including phenoxy) is 2. The molecule has 3 rings (SSSR count). The van der Waals surface area contributed by atoms with E-state index in [1.54, 1.807) is 11.3 Å². The van der Waals surface area contributed by atoms with Crippen molar-refractivity contribution < 1.29 is 14.6 Å². The van der Waals surface area contributed by atoms with E-state index in [0.29, 0.717) is 0 Å². The van der Waals surface area contributed by atoms with Gasteiger partial charge in [0, 0.05) is 19.8 Å². The molecule has 0 bridgehead atoms. The van der Waals surface area contributed by atoms with Crippen LogP contribution in [-0.4, -0.2) is 30.5 Å². The molecule has 2 aliphatic rings. The smallest absolute Gasteiger partial charge is 0.0927 e. The van der Waals surface area contributed by atoms with Crippen LogP contribution in [0.15, 0.2) is 5.38 Å². The summed E-state index contributed by atoms with van der Waals surface area (Å²) in [6.07, 6.45) is 3.22. The molecule has 0 saturated carbocycles. The van der Waals surface area contributed by atoms with Gasteiger partial charge in [0.05, 0.1) is 21.6 Å². The lowest BCUT2D eigenvalue weighted by atomic mass is 9.78. The topological polar surface area (TPSA) is 38.7 Å². The molecule has 1 aromatic rings. The molecule has 0 amide bonds. The van der Waals surface area contributed by atoms with Crippen LogP contribution in [-0.2, 0) is 9.47 Å². The molecular weight excluding hydrogens is 296 g/mol. The Morgan fingerprint density at radius 2 is 2.15 bits per heavy atom. The van der Waals surface area contributed by atoms with Crippen LogP contribution >= 0.6 is 22.9 Å². The van der Waals surface area contributed by atoms with Gasteiger partial charge in [-0.2, -0.15) is 0 Å². The Balaban J connectivity index is 1.74. The van der Waals surface area contributed by atoms with E-state index in [1.165, 1.54) is 0 Å². The fourth-order valence-electron chi connectivity index (χ4n) is 3.29. The summed E-state index contributed by atoms with van der Waals surface area (Å²) in [5.41, 5.74) is 0.972. The van der Waals surface area contributed by atoms with Crippen LogP contribution in [0.5, 0.6) is 0 Å². The van der Waals surface area contributed by atoms with Crippen LogP contribution in [0.1, 0.15) is 42.2 Å². The monoisotopic (exact) mass is 316 g/mol. The Bertz CT molecular complexity index is 462. The van der Waals surface area contributed by atoms with Gasteiger partial charge in [-0.25, -0.2) is 0 Å². The van der Waals surface area contributed by atoms with Crippen molar-refractivity contribution in [3.63, 3.8) is 0 Å². The minimum Gasteiger partial charge on any atom is -0.387 e. The van der Waals surface area contributed by atoms with Crippen LogP contribution in [0.25, 0.3) is 0 Å². The molecular formula is C15H21ClO3S. The van der Waals surface area contributed by atoms with Gasteiger partial charge in [0.25, 0.3) is 0 Å². The van der Waals surface area contributed by atoms with E-state index in [2.05, 4.69) is 0 Å². The molecule has 0 aliphatic carbocycles. The van der Waals surface area contributed by atoms with Gasteiger partial charge in [0.1, 0.15) is 0 Å². The van der Waals surface area contributed by atoms with Crippen molar-refractivity contribution in [3.8, 4) is 0 Å². The molecule has 1 aromatic heterocycles. The summed E-state index contributed by atoms with van der Waals surface area (Å²) in [5, 5.41) is 13.4. The molecule has 2 fully saturated rings. The van der Waals surface area contributed by atoms with Crippen LogP contribution in [0.3, 0.4) is 0 Å². The van der Waals surface area contributed by atoms with Crippen molar-refractivity contribution in [2.24, 2.45) is 5.92 Å². The molecule has 5 heteroatoms. The maximum Gasteiger partial charge on any atom is 0.0927 e. The van der Waals surface area contributed by atoms with E-state index in [4.69, 9.17) is 21.1 Å². The van der Waals surface area contributed by atoms with E-state index in [1.807, 2.05) is 12.3 Å². The zero-order valence-electron chi connectivity index (χ0n) is 11.7. The molecule has 112 valence electrons. The summed E-state index contributed by atoms with van der Waals surface area (Å²) in [6.45, 7) is 4.24. The summed E-state index contributed by atoms with van der Waals surface area (Å²) in [6, 6.07) is 0. The molecule has 1 N–H and O–H groups in total. The van der Waals surface area contributed by atoms with Crippen molar-refractivity contribution >= 4 is 22.9 Å². The van der Waals surface area contributed by atoms with Crippen molar-refractivity contribution in [1.82, 2.24) is 0 Å². The SMILES string of the molecule is Cc1csc(C(O)C2CCOC3(CCOCC3)C2)c1Cl. The molecule has 0 aromatic carbocycles. The minimum absolute atomic E-state index is 0.0824. The number of halogens is 1. The molecule has 2 aliphatic heterocycles. The fourth-order valence-corrected chi connectivity index (χ4v) is 4.67. The third kappa shape index (κ3) is 2.77. The first kappa shape index (κ1) is 14.8. The van der Waals surface area contributed by atoms with Crippen LogP contribution in [0.4, 0.5) is 0 Å². The van der Waals surface area contributed by atoms with Gasteiger partial charge >= 0.3 is 0 Å². The summed E-state index contributed by atoms with van der Waals surface area (Å²) in [5.74, 6) is 0.234. The zero-order chi connectivity index (χ0) is 14.2. The molecule has 2 unspecified atom stereocenters. The predicted molar refractivity (Wildman–Crippen MR) is 80.5 cm³/mol. The molecule has 2 atom stereocenters. The number of hydrogen-bond acceptors (Lipinski definition) is 4. The van der Waals surface area contributed by atoms with Gasteiger partial charge in [0.15, 0.2) is 0 Å². The maximum absolute atomic E-state index is 10.7. The number of rotatable bonds is 2. The Morgan fingerprint density at radius 1 is 1.40 bits per heavy atom. The van der Waals surface area contributed by atoms with Crippen molar-refractivity contribution in [3.05, 3.63) is 20.8 Å². The predicted octanol–water partition coefficient (Wildman–Crippen LogP) is 3.72. The highest BCUT2D eigenvalue weighted by Gasteiger charge is 2.41. The standard InChI is InChI=1S/C15H21ClO3S/c1-10-9-20-14(12(10)16)13(17)11-2-5-19-15(8-11)3-6-18-7-4-15/h9,11,13,17H,2-8H2,1H3. The normalized spacial score (nSPS) is 27.6. The average Bonchev–Trinajstić information content (AvgIpc) is 2.79. The fraction of sp³-hybridized carbons (Fsp3) is 0.733. The largest absolute Gasteiger partial charge is 0.387 e. The number of aliphatic hydroxyl groups excluding tert-OH is 1. The van der Waals surface area contributed by atoms with Gasteiger partial charge in [-0.1, -0.05) is 11.6 Å². The summed E-state index contributed by atoms with van der Waals surface area (Å²) >= 11 is 7.86. The lowest BCUT2D eigenvalue weighted by Crippen LogP contribution is -2.45.